The molecule has 0 heterocycles. The van der Waals surface area contributed by atoms with E-state index in [1.165, 1.54) is 0 Å². The smallest absolute Gasteiger partial charge is 0.156 e. The summed E-state index contributed by atoms with van der Waals surface area (Å²) in [5.41, 5.74) is 6.30. The molecule has 0 amide bonds. The fourth-order valence-electron chi connectivity index (χ4n) is 1.70. The van der Waals surface area contributed by atoms with Gasteiger partial charge in [-0.3, -0.25) is 4.79 Å². The molecule has 3 heteroatoms. The first-order valence-corrected chi connectivity index (χ1v) is 4.41. The number of anilines is 1. The summed E-state index contributed by atoms with van der Waals surface area (Å²) in [5.74, 6) is 0. The maximum atomic E-state index is 10.8. The average Bonchev–Trinajstić information content (AvgIpc) is 2.18. The van der Waals surface area contributed by atoms with Crippen molar-refractivity contribution >= 4 is 18.0 Å². The minimum atomic E-state index is -1.38. The first-order chi connectivity index (χ1) is 6.65. The first-order valence-electron chi connectivity index (χ1n) is 4.41. The second kappa shape index (κ2) is 2.96. The Kier molecular flexibility index (Phi) is 1.89. The zero-order valence-electron chi connectivity index (χ0n) is 7.60. The number of aliphatic hydroxyl groups is 1. The van der Waals surface area contributed by atoms with Gasteiger partial charge in [-0.05, 0) is 23.3 Å². The summed E-state index contributed by atoms with van der Waals surface area (Å²) in [6.45, 7) is 0. The number of hydrogen-bond acceptors (Lipinski definition) is 3. The van der Waals surface area contributed by atoms with Gasteiger partial charge in [-0.2, -0.15) is 0 Å². The maximum Gasteiger partial charge on any atom is 0.156 e. The fraction of sp³-hybridized carbons (Fsp3) is 0.182. The van der Waals surface area contributed by atoms with Crippen LogP contribution in [0.5, 0.6) is 0 Å². The predicted octanol–water partition coefficient (Wildman–Crippen LogP) is 1.07. The Morgan fingerprint density at radius 2 is 2.29 bits per heavy atom. The molecule has 0 aromatic heterocycles. The molecule has 1 aliphatic carbocycles. The lowest BCUT2D eigenvalue weighted by molar-refractivity contribution is -0.124. The molecule has 2 rings (SSSR count). The molecule has 72 valence electrons. The lowest BCUT2D eigenvalue weighted by Gasteiger charge is -2.26. The van der Waals surface area contributed by atoms with E-state index >= 15 is 0 Å². The molecule has 0 fully saturated rings. The van der Waals surface area contributed by atoms with Gasteiger partial charge >= 0.3 is 0 Å². The van der Waals surface area contributed by atoms with E-state index in [1.807, 2.05) is 6.08 Å². The Balaban J connectivity index is 2.62. The molecule has 1 atom stereocenters. The van der Waals surface area contributed by atoms with Crippen molar-refractivity contribution in [1.82, 2.24) is 0 Å². The van der Waals surface area contributed by atoms with E-state index in [2.05, 4.69) is 0 Å². The standard InChI is InChI=1S/C11H11NO2/c12-9-3-4-10-8(6-9)2-1-5-11(10,14)7-13/h1-4,6-7,14H,5,12H2. The van der Waals surface area contributed by atoms with Gasteiger partial charge in [0, 0.05) is 12.1 Å². The number of rotatable bonds is 1. The lowest BCUT2D eigenvalue weighted by Crippen LogP contribution is -2.29. The number of carbonyl (C=O) groups excluding carboxylic acids is 1. The Bertz CT molecular complexity index is 412. The zero-order chi connectivity index (χ0) is 10.2. The molecule has 0 radical (unpaired) electrons. The van der Waals surface area contributed by atoms with Crippen molar-refractivity contribution in [1.29, 1.82) is 0 Å². The maximum absolute atomic E-state index is 10.8. The predicted molar refractivity (Wildman–Crippen MR) is 54.5 cm³/mol. The molecule has 3 N–H and O–H groups in total. The van der Waals surface area contributed by atoms with Crippen molar-refractivity contribution in [2.75, 3.05) is 5.73 Å². The SMILES string of the molecule is Nc1ccc2c(c1)C=CCC2(O)C=O. The molecular weight excluding hydrogens is 178 g/mol. The molecule has 1 aliphatic rings. The average molecular weight is 189 g/mol. The third-order valence-electron chi connectivity index (χ3n) is 2.46. The summed E-state index contributed by atoms with van der Waals surface area (Å²) in [5, 5.41) is 9.96. The number of carbonyl (C=O) groups is 1. The highest BCUT2D eigenvalue weighted by Gasteiger charge is 2.31. The van der Waals surface area contributed by atoms with Crippen LogP contribution in [-0.4, -0.2) is 11.4 Å². The van der Waals surface area contributed by atoms with E-state index in [0.29, 0.717) is 24.0 Å². The van der Waals surface area contributed by atoms with Crippen LogP contribution in [0, 0.1) is 0 Å². The lowest BCUT2D eigenvalue weighted by atomic mass is 9.84. The Labute approximate surface area is 81.9 Å². The Morgan fingerprint density at radius 3 is 3.00 bits per heavy atom. The summed E-state index contributed by atoms with van der Waals surface area (Å²) >= 11 is 0. The topological polar surface area (TPSA) is 63.3 Å². The molecule has 0 aliphatic heterocycles. The molecule has 0 spiro atoms. The fourth-order valence-corrected chi connectivity index (χ4v) is 1.70. The van der Waals surface area contributed by atoms with Crippen LogP contribution in [0.3, 0.4) is 0 Å². The number of nitrogens with two attached hydrogens (primary N) is 1. The molecule has 0 saturated carbocycles. The Morgan fingerprint density at radius 1 is 1.50 bits per heavy atom. The number of hydrogen-bond donors (Lipinski definition) is 2. The first kappa shape index (κ1) is 8.97. The molecule has 0 saturated heterocycles. The quantitative estimate of drug-likeness (QED) is 0.513. The minimum Gasteiger partial charge on any atom is -0.399 e. The van der Waals surface area contributed by atoms with Crippen LogP contribution >= 0.6 is 0 Å². The van der Waals surface area contributed by atoms with Crippen molar-refractivity contribution in [3.63, 3.8) is 0 Å². The monoisotopic (exact) mass is 189 g/mol. The third-order valence-corrected chi connectivity index (χ3v) is 2.46. The molecule has 1 unspecified atom stereocenters. The van der Waals surface area contributed by atoms with E-state index in [9.17, 15) is 9.90 Å². The highest BCUT2D eigenvalue weighted by Crippen LogP contribution is 2.32. The van der Waals surface area contributed by atoms with Gasteiger partial charge in [0.25, 0.3) is 0 Å². The van der Waals surface area contributed by atoms with Gasteiger partial charge in [0.15, 0.2) is 6.29 Å². The number of nitrogen functional groups attached to an aromatic ring is 1. The second-order valence-corrected chi connectivity index (χ2v) is 3.50. The molecule has 3 nitrogen and oxygen atoms in total. The van der Waals surface area contributed by atoms with Gasteiger partial charge < -0.3 is 10.8 Å². The minimum absolute atomic E-state index is 0.327. The van der Waals surface area contributed by atoms with Crippen molar-refractivity contribution in [2.24, 2.45) is 0 Å². The van der Waals surface area contributed by atoms with Crippen molar-refractivity contribution < 1.29 is 9.90 Å². The van der Waals surface area contributed by atoms with E-state index in [4.69, 9.17) is 5.73 Å². The van der Waals surface area contributed by atoms with E-state index in [-0.39, 0.29) is 0 Å². The molecule has 1 aromatic rings. The summed E-state index contributed by atoms with van der Waals surface area (Å²) in [6.07, 6.45) is 4.54. The van der Waals surface area contributed by atoms with E-state index in [0.717, 1.165) is 5.56 Å². The van der Waals surface area contributed by atoms with Crippen LogP contribution in [0.1, 0.15) is 17.5 Å². The van der Waals surface area contributed by atoms with Gasteiger partial charge in [-0.25, -0.2) is 0 Å². The van der Waals surface area contributed by atoms with Gasteiger partial charge in [0.05, 0.1) is 0 Å². The van der Waals surface area contributed by atoms with Gasteiger partial charge in [-0.15, -0.1) is 0 Å². The largest absolute Gasteiger partial charge is 0.399 e. The molecular formula is C11H11NO2. The van der Waals surface area contributed by atoms with Crippen molar-refractivity contribution in [2.45, 2.75) is 12.0 Å². The Hall–Kier alpha value is -1.61. The molecule has 14 heavy (non-hydrogen) atoms. The summed E-state index contributed by atoms with van der Waals surface area (Å²) in [6, 6.07) is 5.13. The van der Waals surface area contributed by atoms with Gasteiger partial charge in [0.2, 0.25) is 0 Å². The van der Waals surface area contributed by atoms with Crippen LogP contribution in [0.2, 0.25) is 0 Å². The normalized spacial score (nSPS) is 24.4. The van der Waals surface area contributed by atoms with E-state index < -0.39 is 5.60 Å². The van der Waals surface area contributed by atoms with Gasteiger partial charge in [-0.1, -0.05) is 18.2 Å². The summed E-state index contributed by atoms with van der Waals surface area (Å²) in [4.78, 5) is 10.8. The van der Waals surface area contributed by atoms with E-state index in [1.54, 1.807) is 24.3 Å². The second-order valence-electron chi connectivity index (χ2n) is 3.50. The van der Waals surface area contributed by atoms with Crippen LogP contribution in [0.25, 0.3) is 6.08 Å². The van der Waals surface area contributed by atoms with Crippen molar-refractivity contribution in [3.8, 4) is 0 Å². The van der Waals surface area contributed by atoms with Crippen LogP contribution in [0.15, 0.2) is 24.3 Å². The third kappa shape index (κ3) is 1.22. The highest BCUT2D eigenvalue weighted by molar-refractivity contribution is 5.74. The van der Waals surface area contributed by atoms with Crippen molar-refractivity contribution in [3.05, 3.63) is 35.4 Å². The number of benzene rings is 1. The summed E-state index contributed by atoms with van der Waals surface area (Å²) < 4.78 is 0. The summed E-state index contributed by atoms with van der Waals surface area (Å²) in [7, 11) is 0. The van der Waals surface area contributed by atoms with Crippen LogP contribution in [0.4, 0.5) is 5.69 Å². The number of fused-ring (bicyclic) bond motifs is 1. The van der Waals surface area contributed by atoms with Gasteiger partial charge in [0.1, 0.15) is 5.60 Å². The van der Waals surface area contributed by atoms with Crippen LogP contribution in [-0.2, 0) is 10.4 Å². The zero-order valence-corrected chi connectivity index (χ0v) is 7.60. The highest BCUT2D eigenvalue weighted by atomic mass is 16.3. The molecule has 0 bridgehead atoms. The number of aldehydes is 1. The molecule has 1 aromatic carbocycles. The van der Waals surface area contributed by atoms with Crippen LogP contribution < -0.4 is 5.73 Å².